The smallest absolute Gasteiger partial charge is 0.243 e. The molecule has 4 atom stereocenters. The lowest BCUT2D eigenvalue weighted by atomic mass is 9.91. The maximum Gasteiger partial charge on any atom is 0.243 e. The van der Waals surface area contributed by atoms with Crippen LogP contribution in [0.15, 0.2) is 94.3 Å². The first-order valence-electron chi connectivity index (χ1n) is 14.2. The average molecular weight is 649 g/mol. The predicted octanol–water partition coefficient (Wildman–Crippen LogP) is 5.95. The van der Waals surface area contributed by atoms with Crippen LogP contribution in [-0.2, 0) is 32.6 Å². The molecule has 0 spiro atoms. The Balaban J connectivity index is 1.18. The van der Waals surface area contributed by atoms with E-state index in [0.29, 0.717) is 11.3 Å². The Morgan fingerprint density at radius 3 is 2.39 bits per heavy atom. The molecule has 1 aliphatic heterocycles. The highest BCUT2D eigenvalue weighted by Gasteiger charge is 2.38. The minimum Gasteiger partial charge on any atom is -0.392 e. The molecule has 0 bridgehead atoms. The molecule has 4 unspecified atom stereocenters. The van der Waals surface area contributed by atoms with Gasteiger partial charge in [0.25, 0.3) is 0 Å². The number of hydrogen-bond donors (Lipinski definition) is 2. The van der Waals surface area contributed by atoms with Crippen molar-refractivity contribution in [1.82, 2.24) is 19.9 Å². The number of pyridine rings is 1. The summed E-state index contributed by atoms with van der Waals surface area (Å²) in [6.45, 7) is 4.16. The minimum atomic E-state index is -3.79. The third kappa shape index (κ3) is 6.86. The summed E-state index contributed by atoms with van der Waals surface area (Å²) in [6.07, 6.45) is 0.601. The van der Waals surface area contributed by atoms with Crippen LogP contribution < -0.4 is 4.72 Å². The minimum absolute atomic E-state index is 0.0189. The van der Waals surface area contributed by atoms with Crippen LogP contribution >= 0.6 is 23.1 Å². The van der Waals surface area contributed by atoms with Gasteiger partial charge in [-0.25, -0.2) is 13.1 Å². The number of aryl methyl sites for hydroxylation is 1. The van der Waals surface area contributed by atoms with Gasteiger partial charge in [0.1, 0.15) is 9.90 Å². The number of benzene rings is 3. The lowest BCUT2D eigenvalue weighted by Gasteiger charge is -2.41. The summed E-state index contributed by atoms with van der Waals surface area (Å²) in [5.74, 6) is 0.731. The number of aliphatic hydroxyl groups is 1. The lowest BCUT2D eigenvalue weighted by Crippen LogP contribution is -2.38. The normalized spacial score (nSPS) is 20.6. The standard InChI is InChI=1S/C32H32N4O5S3/c1-20-27(19-42-32-36-35-21(2)43-32)40-31(41-30(20)25-12-10-23(18-37)11-13-25)26-14-8-22(9-15-26)17-34-44(38,39)28-7-3-5-24-6-4-16-33-29(24)28/h3-16,20,27,30-31,34,37H,17-19H2,1-2H3. The van der Waals surface area contributed by atoms with E-state index in [1.165, 1.54) is 0 Å². The zero-order chi connectivity index (χ0) is 30.7. The molecule has 5 aromatic rings. The molecule has 12 heteroatoms. The summed E-state index contributed by atoms with van der Waals surface area (Å²) in [7, 11) is -3.79. The number of thioether (sulfide) groups is 1. The fourth-order valence-electron chi connectivity index (χ4n) is 5.14. The van der Waals surface area contributed by atoms with Gasteiger partial charge in [0.05, 0.1) is 24.3 Å². The van der Waals surface area contributed by atoms with E-state index in [4.69, 9.17) is 9.47 Å². The molecule has 6 rings (SSSR count). The summed E-state index contributed by atoms with van der Waals surface area (Å²) in [5, 5.41) is 19.6. The maximum atomic E-state index is 13.2. The molecule has 0 radical (unpaired) electrons. The maximum absolute atomic E-state index is 13.2. The van der Waals surface area contributed by atoms with E-state index in [1.54, 1.807) is 47.5 Å². The molecule has 2 aromatic heterocycles. The number of fused-ring (bicyclic) bond motifs is 1. The Kier molecular flexibility index (Phi) is 9.38. The largest absolute Gasteiger partial charge is 0.392 e. The molecular weight excluding hydrogens is 617 g/mol. The number of sulfonamides is 1. The van der Waals surface area contributed by atoms with Crippen LogP contribution in [0.3, 0.4) is 0 Å². The van der Waals surface area contributed by atoms with E-state index >= 15 is 0 Å². The number of ether oxygens (including phenoxy) is 2. The second-order valence-corrected chi connectivity index (χ2v) is 14.8. The molecule has 2 N–H and O–H groups in total. The zero-order valence-corrected chi connectivity index (χ0v) is 26.6. The number of aromatic nitrogens is 3. The molecule has 1 fully saturated rings. The van der Waals surface area contributed by atoms with Crippen molar-refractivity contribution in [2.24, 2.45) is 5.92 Å². The highest BCUT2D eigenvalue weighted by Crippen LogP contribution is 2.43. The molecule has 1 saturated heterocycles. The van der Waals surface area contributed by atoms with Crippen LogP contribution in [0.2, 0.25) is 0 Å². The molecule has 3 heterocycles. The van der Waals surface area contributed by atoms with Crippen molar-refractivity contribution in [3.05, 3.63) is 112 Å². The van der Waals surface area contributed by atoms with Gasteiger partial charge in [0.15, 0.2) is 10.6 Å². The van der Waals surface area contributed by atoms with Crippen LogP contribution in [0.5, 0.6) is 0 Å². The Hall–Kier alpha value is -3.23. The Bertz CT molecular complexity index is 1830. The van der Waals surface area contributed by atoms with Crippen LogP contribution in [0.1, 0.15) is 46.6 Å². The van der Waals surface area contributed by atoms with Crippen molar-refractivity contribution in [1.29, 1.82) is 0 Å². The molecule has 9 nitrogen and oxygen atoms in total. The molecule has 1 aliphatic rings. The van der Waals surface area contributed by atoms with Gasteiger partial charge in [-0.2, -0.15) is 0 Å². The Labute approximate surface area is 264 Å². The van der Waals surface area contributed by atoms with Gasteiger partial charge in [-0.15, -0.1) is 10.2 Å². The van der Waals surface area contributed by atoms with Gasteiger partial charge in [-0.05, 0) is 35.7 Å². The summed E-state index contributed by atoms with van der Waals surface area (Å²) in [5.41, 5.74) is 3.92. The molecule has 3 aromatic carbocycles. The number of para-hydroxylation sites is 1. The van der Waals surface area contributed by atoms with E-state index in [1.807, 2.05) is 67.6 Å². The number of rotatable bonds is 10. The topological polar surface area (TPSA) is 124 Å². The first-order chi connectivity index (χ1) is 21.3. The van der Waals surface area contributed by atoms with Crippen molar-refractivity contribution in [3.8, 4) is 0 Å². The van der Waals surface area contributed by atoms with Gasteiger partial charge in [0.2, 0.25) is 10.0 Å². The molecule has 0 saturated carbocycles. The van der Waals surface area contributed by atoms with E-state index in [-0.39, 0.29) is 36.2 Å². The lowest BCUT2D eigenvalue weighted by molar-refractivity contribution is -0.268. The third-order valence-corrected chi connectivity index (χ3v) is 11.1. The number of aliphatic hydroxyl groups excluding tert-OH is 1. The van der Waals surface area contributed by atoms with Gasteiger partial charge < -0.3 is 14.6 Å². The first kappa shape index (κ1) is 30.8. The van der Waals surface area contributed by atoms with E-state index < -0.39 is 16.3 Å². The second kappa shape index (κ2) is 13.4. The van der Waals surface area contributed by atoms with Crippen molar-refractivity contribution >= 4 is 44.0 Å². The molecule has 0 amide bonds. The quantitative estimate of drug-likeness (QED) is 0.177. The molecule has 0 aliphatic carbocycles. The monoisotopic (exact) mass is 648 g/mol. The van der Waals surface area contributed by atoms with Gasteiger partial charge in [-0.1, -0.05) is 96.8 Å². The predicted molar refractivity (Wildman–Crippen MR) is 171 cm³/mol. The third-order valence-electron chi connectivity index (χ3n) is 7.61. The average Bonchev–Trinajstić information content (AvgIpc) is 3.48. The Morgan fingerprint density at radius 1 is 0.932 bits per heavy atom. The number of hydrogen-bond acceptors (Lipinski definition) is 10. The van der Waals surface area contributed by atoms with Gasteiger partial charge in [0, 0.05) is 35.4 Å². The fraction of sp³-hybridized carbons (Fsp3) is 0.281. The van der Waals surface area contributed by atoms with Crippen molar-refractivity contribution < 1.29 is 23.0 Å². The summed E-state index contributed by atoms with van der Waals surface area (Å²) < 4.78 is 43.0. The van der Waals surface area contributed by atoms with Crippen LogP contribution in [0, 0.1) is 12.8 Å². The second-order valence-electron chi connectivity index (χ2n) is 10.6. The van der Waals surface area contributed by atoms with E-state index in [0.717, 1.165) is 37.0 Å². The van der Waals surface area contributed by atoms with Crippen LogP contribution in [0.25, 0.3) is 10.9 Å². The van der Waals surface area contributed by atoms with Crippen molar-refractivity contribution in [2.45, 2.75) is 54.7 Å². The molecule has 228 valence electrons. The highest BCUT2D eigenvalue weighted by atomic mass is 32.2. The first-order valence-corrected chi connectivity index (χ1v) is 17.4. The SMILES string of the molecule is Cc1nnc(SCC2OC(c3ccc(CNS(=O)(=O)c4cccc5cccnc45)cc3)OC(c3ccc(CO)cc3)C2C)s1. The van der Waals surface area contributed by atoms with E-state index in [9.17, 15) is 13.5 Å². The molecular formula is C32H32N4O5S3. The summed E-state index contributed by atoms with van der Waals surface area (Å²) in [4.78, 5) is 4.43. The summed E-state index contributed by atoms with van der Waals surface area (Å²) >= 11 is 3.18. The van der Waals surface area contributed by atoms with Crippen molar-refractivity contribution in [3.63, 3.8) is 0 Å². The van der Waals surface area contributed by atoms with E-state index in [2.05, 4.69) is 26.8 Å². The number of nitrogens with zero attached hydrogens (tertiary/aromatic N) is 3. The highest BCUT2D eigenvalue weighted by molar-refractivity contribution is 8.01. The Morgan fingerprint density at radius 2 is 1.66 bits per heavy atom. The molecule has 44 heavy (non-hydrogen) atoms. The van der Waals surface area contributed by atoms with Crippen LogP contribution in [-0.4, -0.2) is 40.6 Å². The van der Waals surface area contributed by atoms with Crippen molar-refractivity contribution in [2.75, 3.05) is 5.75 Å². The fourth-order valence-corrected chi connectivity index (χ4v) is 8.34. The van der Waals surface area contributed by atoms with Crippen LogP contribution in [0.4, 0.5) is 0 Å². The zero-order valence-electron chi connectivity index (χ0n) is 24.2. The number of nitrogens with one attached hydrogen (secondary N) is 1. The van der Waals surface area contributed by atoms with Gasteiger partial charge >= 0.3 is 0 Å². The summed E-state index contributed by atoms with van der Waals surface area (Å²) in [6, 6.07) is 24.1. The van der Waals surface area contributed by atoms with Gasteiger partial charge in [-0.3, -0.25) is 4.98 Å².